The summed E-state index contributed by atoms with van der Waals surface area (Å²) in [6.07, 6.45) is 0.842. The Morgan fingerprint density at radius 3 is 2.52 bits per heavy atom. The SMILES string of the molecule is O=C(c1ccc2c(c1)OCCCO2)c1cc(Br)ccc1Br. The molecule has 21 heavy (non-hydrogen) atoms. The van der Waals surface area contributed by atoms with Crippen molar-refractivity contribution in [1.29, 1.82) is 0 Å². The summed E-state index contributed by atoms with van der Waals surface area (Å²) in [5, 5.41) is 0. The third-order valence-electron chi connectivity index (χ3n) is 3.18. The molecule has 0 N–H and O–H groups in total. The van der Waals surface area contributed by atoms with Gasteiger partial charge in [-0.1, -0.05) is 31.9 Å². The van der Waals surface area contributed by atoms with E-state index in [1.807, 2.05) is 12.1 Å². The average Bonchev–Trinajstić information content (AvgIpc) is 2.73. The molecular formula is C16H12Br2O3. The summed E-state index contributed by atoms with van der Waals surface area (Å²) in [4.78, 5) is 12.6. The van der Waals surface area contributed by atoms with Crippen molar-refractivity contribution in [2.24, 2.45) is 0 Å². The molecule has 5 heteroatoms. The predicted octanol–water partition coefficient (Wildman–Crippen LogP) is 4.60. The summed E-state index contributed by atoms with van der Waals surface area (Å²) >= 11 is 6.81. The summed E-state index contributed by atoms with van der Waals surface area (Å²) in [6, 6.07) is 10.8. The maximum atomic E-state index is 12.6. The Bertz CT molecular complexity index is 698. The van der Waals surface area contributed by atoms with Gasteiger partial charge in [0.2, 0.25) is 0 Å². The Morgan fingerprint density at radius 1 is 0.952 bits per heavy atom. The topological polar surface area (TPSA) is 35.5 Å². The fraction of sp³-hybridized carbons (Fsp3) is 0.188. The summed E-state index contributed by atoms with van der Waals surface area (Å²) in [7, 11) is 0. The Hall–Kier alpha value is -1.33. The first kappa shape index (κ1) is 14.6. The van der Waals surface area contributed by atoms with Gasteiger partial charge in [0.05, 0.1) is 13.2 Å². The highest BCUT2D eigenvalue weighted by atomic mass is 79.9. The molecule has 0 saturated carbocycles. The molecule has 1 aliphatic rings. The average molecular weight is 412 g/mol. The van der Waals surface area contributed by atoms with Crippen molar-refractivity contribution in [2.45, 2.75) is 6.42 Å². The van der Waals surface area contributed by atoms with E-state index in [0.29, 0.717) is 35.8 Å². The Balaban J connectivity index is 1.98. The number of ketones is 1. The third kappa shape index (κ3) is 3.14. The van der Waals surface area contributed by atoms with Crippen molar-refractivity contribution in [2.75, 3.05) is 13.2 Å². The third-order valence-corrected chi connectivity index (χ3v) is 4.37. The molecule has 0 amide bonds. The van der Waals surface area contributed by atoms with E-state index in [0.717, 1.165) is 15.4 Å². The molecule has 0 radical (unpaired) electrons. The molecule has 2 aromatic rings. The van der Waals surface area contributed by atoms with Crippen LogP contribution >= 0.6 is 31.9 Å². The second kappa shape index (κ2) is 6.20. The second-order valence-electron chi connectivity index (χ2n) is 4.67. The van der Waals surface area contributed by atoms with Crippen LogP contribution in [-0.4, -0.2) is 19.0 Å². The van der Waals surface area contributed by atoms with Gasteiger partial charge in [0.25, 0.3) is 0 Å². The number of benzene rings is 2. The summed E-state index contributed by atoms with van der Waals surface area (Å²) in [5.41, 5.74) is 1.19. The minimum Gasteiger partial charge on any atom is -0.490 e. The van der Waals surface area contributed by atoms with Crippen LogP contribution in [0.5, 0.6) is 11.5 Å². The van der Waals surface area contributed by atoms with Crippen LogP contribution in [0.2, 0.25) is 0 Å². The quantitative estimate of drug-likeness (QED) is 0.677. The minimum absolute atomic E-state index is 0.0566. The van der Waals surface area contributed by atoms with E-state index in [4.69, 9.17) is 9.47 Å². The maximum Gasteiger partial charge on any atom is 0.194 e. The van der Waals surface area contributed by atoms with E-state index >= 15 is 0 Å². The number of hydrogen-bond acceptors (Lipinski definition) is 3. The minimum atomic E-state index is -0.0566. The van der Waals surface area contributed by atoms with Crippen molar-refractivity contribution in [3.8, 4) is 11.5 Å². The first-order chi connectivity index (χ1) is 10.1. The summed E-state index contributed by atoms with van der Waals surface area (Å²) < 4.78 is 12.8. The van der Waals surface area contributed by atoms with Crippen molar-refractivity contribution in [3.05, 3.63) is 56.5 Å². The number of halogens is 2. The van der Waals surface area contributed by atoms with Gasteiger partial charge in [0, 0.05) is 26.5 Å². The fourth-order valence-corrected chi connectivity index (χ4v) is 2.92. The van der Waals surface area contributed by atoms with E-state index in [9.17, 15) is 4.79 Å². The van der Waals surface area contributed by atoms with Gasteiger partial charge in [-0.05, 0) is 36.4 Å². The highest BCUT2D eigenvalue weighted by Gasteiger charge is 2.17. The zero-order valence-electron chi connectivity index (χ0n) is 11.1. The lowest BCUT2D eigenvalue weighted by molar-refractivity contribution is 0.103. The van der Waals surface area contributed by atoms with Crippen molar-refractivity contribution < 1.29 is 14.3 Å². The van der Waals surface area contributed by atoms with Gasteiger partial charge in [-0.15, -0.1) is 0 Å². The normalized spacial score (nSPS) is 13.6. The molecule has 3 rings (SSSR count). The number of fused-ring (bicyclic) bond motifs is 1. The van der Waals surface area contributed by atoms with Crippen LogP contribution < -0.4 is 9.47 Å². The number of rotatable bonds is 2. The molecule has 0 unspecified atom stereocenters. The molecule has 0 bridgehead atoms. The Labute approximate surface area is 139 Å². The lowest BCUT2D eigenvalue weighted by Crippen LogP contribution is -2.03. The number of carbonyl (C=O) groups is 1. The number of ether oxygens (including phenoxy) is 2. The first-order valence-electron chi connectivity index (χ1n) is 6.54. The summed E-state index contributed by atoms with van der Waals surface area (Å²) in [5.74, 6) is 1.26. The van der Waals surface area contributed by atoms with Crippen LogP contribution in [0.15, 0.2) is 45.3 Å². The highest BCUT2D eigenvalue weighted by molar-refractivity contribution is 9.11. The molecule has 1 heterocycles. The largest absolute Gasteiger partial charge is 0.490 e. The molecular weight excluding hydrogens is 400 g/mol. The molecule has 2 aromatic carbocycles. The maximum absolute atomic E-state index is 12.6. The van der Waals surface area contributed by atoms with Gasteiger partial charge < -0.3 is 9.47 Å². The Kier molecular flexibility index (Phi) is 4.31. The molecule has 1 aliphatic heterocycles. The zero-order valence-corrected chi connectivity index (χ0v) is 14.2. The standard InChI is InChI=1S/C16H12Br2O3/c17-11-3-4-13(18)12(9-11)16(19)10-2-5-14-15(8-10)21-7-1-6-20-14/h2-5,8-9H,1,6-7H2. The van der Waals surface area contributed by atoms with Crippen LogP contribution in [0, 0.1) is 0 Å². The lowest BCUT2D eigenvalue weighted by atomic mass is 10.0. The Morgan fingerprint density at radius 2 is 1.71 bits per heavy atom. The zero-order chi connectivity index (χ0) is 14.8. The molecule has 0 atom stereocenters. The van der Waals surface area contributed by atoms with Crippen LogP contribution in [0.25, 0.3) is 0 Å². The van der Waals surface area contributed by atoms with Gasteiger partial charge in [-0.3, -0.25) is 4.79 Å². The van der Waals surface area contributed by atoms with E-state index in [1.54, 1.807) is 24.3 Å². The summed E-state index contributed by atoms with van der Waals surface area (Å²) in [6.45, 7) is 1.24. The van der Waals surface area contributed by atoms with Gasteiger partial charge in [-0.25, -0.2) is 0 Å². The van der Waals surface area contributed by atoms with E-state index < -0.39 is 0 Å². The monoisotopic (exact) mass is 410 g/mol. The first-order valence-corrected chi connectivity index (χ1v) is 8.13. The number of hydrogen-bond donors (Lipinski definition) is 0. The van der Waals surface area contributed by atoms with Crippen LogP contribution in [-0.2, 0) is 0 Å². The highest BCUT2D eigenvalue weighted by Crippen LogP contribution is 2.32. The molecule has 3 nitrogen and oxygen atoms in total. The van der Waals surface area contributed by atoms with Crippen molar-refractivity contribution in [1.82, 2.24) is 0 Å². The van der Waals surface area contributed by atoms with E-state index in [2.05, 4.69) is 31.9 Å². The smallest absolute Gasteiger partial charge is 0.194 e. The van der Waals surface area contributed by atoms with Crippen LogP contribution in [0.3, 0.4) is 0 Å². The van der Waals surface area contributed by atoms with Gasteiger partial charge >= 0.3 is 0 Å². The van der Waals surface area contributed by atoms with Crippen molar-refractivity contribution in [3.63, 3.8) is 0 Å². The number of carbonyl (C=O) groups excluding carboxylic acids is 1. The van der Waals surface area contributed by atoms with Crippen molar-refractivity contribution >= 4 is 37.6 Å². The molecule has 0 aromatic heterocycles. The predicted molar refractivity (Wildman–Crippen MR) is 87.3 cm³/mol. The van der Waals surface area contributed by atoms with Crippen LogP contribution in [0.1, 0.15) is 22.3 Å². The molecule has 108 valence electrons. The van der Waals surface area contributed by atoms with Gasteiger partial charge in [0.15, 0.2) is 17.3 Å². The molecule has 0 fully saturated rings. The lowest BCUT2D eigenvalue weighted by Gasteiger charge is -2.10. The molecule has 0 saturated heterocycles. The molecule has 0 spiro atoms. The molecule has 0 aliphatic carbocycles. The van der Waals surface area contributed by atoms with E-state index in [-0.39, 0.29) is 5.78 Å². The van der Waals surface area contributed by atoms with Gasteiger partial charge in [-0.2, -0.15) is 0 Å². The van der Waals surface area contributed by atoms with E-state index in [1.165, 1.54) is 0 Å². The second-order valence-corrected chi connectivity index (χ2v) is 6.44. The van der Waals surface area contributed by atoms with Gasteiger partial charge in [0.1, 0.15) is 0 Å². The fourth-order valence-electron chi connectivity index (χ4n) is 2.13. The van der Waals surface area contributed by atoms with Crippen LogP contribution in [0.4, 0.5) is 0 Å².